The van der Waals surface area contributed by atoms with Crippen LogP contribution in [0.3, 0.4) is 0 Å². The Kier molecular flexibility index (Phi) is 8.41. The van der Waals surface area contributed by atoms with Crippen molar-refractivity contribution in [2.45, 2.75) is 33.2 Å². The summed E-state index contributed by atoms with van der Waals surface area (Å²) in [6.07, 6.45) is 0.787. The SMILES string of the molecule is CCc1ccccc1NC(=O)CNC(=O)[C@@H](NC(=O)c1ccc(OC)cc1)C(C)C. The van der Waals surface area contributed by atoms with Crippen molar-refractivity contribution in [2.24, 2.45) is 5.92 Å². The molecule has 2 aromatic rings. The van der Waals surface area contributed by atoms with Crippen LogP contribution in [0.2, 0.25) is 0 Å². The van der Waals surface area contributed by atoms with Crippen molar-refractivity contribution in [2.75, 3.05) is 19.0 Å². The van der Waals surface area contributed by atoms with Crippen LogP contribution in [0.5, 0.6) is 5.75 Å². The molecule has 3 amide bonds. The van der Waals surface area contributed by atoms with Crippen LogP contribution >= 0.6 is 0 Å². The highest BCUT2D eigenvalue weighted by Gasteiger charge is 2.25. The van der Waals surface area contributed by atoms with Crippen LogP contribution in [0.1, 0.15) is 36.7 Å². The van der Waals surface area contributed by atoms with Gasteiger partial charge in [0.05, 0.1) is 13.7 Å². The zero-order valence-electron chi connectivity index (χ0n) is 17.8. The first-order chi connectivity index (χ1) is 14.3. The molecule has 2 aromatic carbocycles. The summed E-state index contributed by atoms with van der Waals surface area (Å²) in [7, 11) is 1.55. The molecule has 0 aromatic heterocycles. The summed E-state index contributed by atoms with van der Waals surface area (Å²) < 4.78 is 5.08. The van der Waals surface area contributed by atoms with E-state index in [-0.39, 0.29) is 24.3 Å². The number of benzene rings is 2. The molecule has 30 heavy (non-hydrogen) atoms. The number of carbonyl (C=O) groups is 3. The molecule has 0 aliphatic heterocycles. The van der Waals surface area contributed by atoms with Gasteiger partial charge in [0.1, 0.15) is 11.8 Å². The van der Waals surface area contributed by atoms with Crippen molar-refractivity contribution in [3.63, 3.8) is 0 Å². The van der Waals surface area contributed by atoms with Gasteiger partial charge in [-0.2, -0.15) is 0 Å². The van der Waals surface area contributed by atoms with Crippen LogP contribution in [-0.2, 0) is 16.0 Å². The van der Waals surface area contributed by atoms with Gasteiger partial charge < -0.3 is 20.7 Å². The third-order valence-corrected chi connectivity index (χ3v) is 4.68. The quantitative estimate of drug-likeness (QED) is 0.591. The van der Waals surface area contributed by atoms with Crippen LogP contribution in [-0.4, -0.2) is 37.4 Å². The number of para-hydroxylation sites is 1. The van der Waals surface area contributed by atoms with Gasteiger partial charge in [0.15, 0.2) is 0 Å². The largest absolute Gasteiger partial charge is 0.497 e. The predicted molar refractivity (Wildman–Crippen MR) is 117 cm³/mol. The summed E-state index contributed by atoms with van der Waals surface area (Å²) in [5.74, 6) is -0.622. The van der Waals surface area contributed by atoms with Crippen LogP contribution in [0, 0.1) is 5.92 Å². The Morgan fingerprint density at radius 3 is 2.27 bits per heavy atom. The number of hydrogen-bond donors (Lipinski definition) is 3. The fourth-order valence-electron chi connectivity index (χ4n) is 2.92. The number of nitrogens with one attached hydrogen (secondary N) is 3. The van der Waals surface area contributed by atoms with Gasteiger partial charge in [0, 0.05) is 11.3 Å². The maximum Gasteiger partial charge on any atom is 0.251 e. The van der Waals surface area contributed by atoms with Crippen molar-refractivity contribution >= 4 is 23.4 Å². The smallest absolute Gasteiger partial charge is 0.251 e. The number of anilines is 1. The zero-order valence-corrected chi connectivity index (χ0v) is 17.8. The highest BCUT2D eigenvalue weighted by atomic mass is 16.5. The van der Waals surface area contributed by atoms with E-state index in [0.717, 1.165) is 17.7 Å². The Morgan fingerprint density at radius 2 is 1.67 bits per heavy atom. The van der Waals surface area contributed by atoms with Gasteiger partial charge in [0.25, 0.3) is 5.91 Å². The number of aryl methyl sites for hydroxylation is 1. The Labute approximate surface area is 177 Å². The number of ether oxygens (including phenoxy) is 1. The van der Waals surface area contributed by atoms with Gasteiger partial charge in [-0.3, -0.25) is 14.4 Å². The molecule has 3 N–H and O–H groups in total. The molecule has 0 radical (unpaired) electrons. The van der Waals surface area contributed by atoms with Crippen LogP contribution in [0.4, 0.5) is 5.69 Å². The molecular weight excluding hydrogens is 382 g/mol. The standard InChI is InChI=1S/C23H29N3O4/c1-5-16-8-6-7-9-19(16)25-20(27)14-24-23(29)21(15(2)3)26-22(28)17-10-12-18(30-4)13-11-17/h6-13,15,21H,5,14H2,1-4H3,(H,24,29)(H,25,27)(H,26,28)/t21-/m0/s1. The summed E-state index contributed by atoms with van der Waals surface area (Å²) in [6.45, 7) is 5.48. The Hall–Kier alpha value is -3.35. The number of amides is 3. The van der Waals surface area contributed by atoms with Crippen molar-refractivity contribution in [3.05, 3.63) is 59.7 Å². The molecule has 0 saturated carbocycles. The highest BCUT2D eigenvalue weighted by Crippen LogP contribution is 2.15. The number of carbonyl (C=O) groups excluding carboxylic acids is 3. The second kappa shape index (κ2) is 11.0. The first-order valence-electron chi connectivity index (χ1n) is 9.96. The molecule has 7 nitrogen and oxygen atoms in total. The summed E-state index contributed by atoms with van der Waals surface area (Å²) in [5.41, 5.74) is 2.17. The lowest BCUT2D eigenvalue weighted by molar-refractivity contribution is -0.126. The zero-order chi connectivity index (χ0) is 22.1. The molecular formula is C23H29N3O4. The molecule has 0 saturated heterocycles. The van der Waals surface area contributed by atoms with Gasteiger partial charge in [-0.15, -0.1) is 0 Å². The maximum absolute atomic E-state index is 12.6. The average Bonchev–Trinajstić information content (AvgIpc) is 2.75. The lowest BCUT2D eigenvalue weighted by Gasteiger charge is -2.22. The van der Waals surface area contributed by atoms with Gasteiger partial charge in [-0.25, -0.2) is 0 Å². The first-order valence-corrected chi connectivity index (χ1v) is 9.96. The minimum Gasteiger partial charge on any atom is -0.497 e. The van der Waals surface area contributed by atoms with Crippen molar-refractivity contribution in [1.82, 2.24) is 10.6 Å². The minimum absolute atomic E-state index is 0.156. The summed E-state index contributed by atoms with van der Waals surface area (Å²) in [6, 6.07) is 13.4. The molecule has 0 spiro atoms. The summed E-state index contributed by atoms with van der Waals surface area (Å²) >= 11 is 0. The summed E-state index contributed by atoms with van der Waals surface area (Å²) in [5, 5.41) is 8.16. The highest BCUT2D eigenvalue weighted by molar-refractivity contribution is 5.99. The van der Waals surface area contributed by atoms with Crippen LogP contribution in [0.25, 0.3) is 0 Å². The normalized spacial score (nSPS) is 11.5. The Balaban J connectivity index is 1.94. The monoisotopic (exact) mass is 411 g/mol. The van der Waals surface area contributed by atoms with Crippen molar-refractivity contribution in [3.8, 4) is 5.75 Å². The molecule has 0 aliphatic rings. The van der Waals surface area contributed by atoms with Gasteiger partial charge in [-0.05, 0) is 48.2 Å². The molecule has 2 rings (SSSR count). The van der Waals surface area contributed by atoms with E-state index in [1.54, 1.807) is 31.4 Å². The van der Waals surface area contributed by atoms with E-state index in [1.165, 1.54) is 0 Å². The van der Waals surface area contributed by atoms with Crippen LogP contribution in [0.15, 0.2) is 48.5 Å². The van der Waals surface area contributed by atoms with E-state index in [9.17, 15) is 14.4 Å². The van der Waals surface area contributed by atoms with E-state index >= 15 is 0 Å². The second-order valence-electron chi connectivity index (χ2n) is 7.20. The molecule has 0 bridgehead atoms. The lowest BCUT2D eigenvalue weighted by Crippen LogP contribution is -2.51. The van der Waals surface area contributed by atoms with Gasteiger partial charge in [-0.1, -0.05) is 39.0 Å². The molecule has 7 heteroatoms. The first kappa shape index (κ1) is 22.9. The van der Waals surface area contributed by atoms with E-state index in [2.05, 4.69) is 16.0 Å². The molecule has 1 atom stereocenters. The topological polar surface area (TPSA) is 96.5 Å². The predicted octanol–water partition coefficient (Wildman–Crippen LogP) is 2.77. The molecule has 0 heterocycles. The average molecular weight is 412 g/mol. The Bertz CT molecular complexity index is 878. The minimum atomic E-state index is -0.768. The molecule has 160 valence electrons. The fourth-order valence-corrected chi connectivity index (χ4v) is 2.92. The van der Waals surface area contributed by atoms with Crippen molar-refractivity contribution in [1.29, 1.82) is 0 Å². The van der Waals surface area contributed by atoms with Gasteiger partial charge in [0.2, 0.25) is 11.8 Å². The van der Waals surface area contributed by atoms with E-state index < -0.39 is 11.9 Å². The van der Waals surface area contributed by atoms with E-state index in [0.29, 0.717) is 11.3 Å². The summed E-state index contributed by atoms with van der Waals surface area (Å²) in [4.78, 5) is 37.4. The molecule has 0 unspecified atom stereocenters. The lowest BCUT2D eigenvalue weighted by atomic mass is 10.0. The number of hydrogen-bond acceptors (Lipinski definition) is 4. The van der Waals surface area contributed by atoms with Gasteiger partial charge >= 0.3 is 0 Å². The van der Waals surface area contributed by atoms with Crippen molar-refractivity contribution < 1.29 is 19.1 Å². The molecule has 0 fully saturated rings. The van der Waals surface area contributed by atoms with E-state index in [4.69, 9.17) is 4.74 Å². The third-order valence-electron chi connectivity index (χ3n) is 4.68. The number of rotatable bonds is 9. The second-order valence-corrected chi connectivity index (χ2v) is 7.20. The Morgan fingerprint density at radius 1 is 1.00 bits per heavy atom. The molecule has 0 aliphatic carbocycles. The third kappa shape index (κ3) is 6.34. The van der Waals surface area contributed by atoms with Crippen LogP contribution < -0.4 is 20.7 Å². The number of methoxy groups -OCH3 is 1. The van der Waals surface area contributed by atoms with E-state index in [1.807, 2.05) is 45.0 Å². The maximum atomic E-state index is 12.6. The fraction of sp³-hybridized carbons (Fsp3) is 0.348.